The van der Waals surface area contributed by atoms with E-state index < -0.39 is 10.0 Å². The Morgan fingerprint density at radius 2 is 1.65 bits per heavy atom. The van der Waals surface area contributed by atoms with E-state index in [9.17, 15) is 8.42 Å². The van der Waals surface area contributed by atoms with Gasteiger partial charge >= 0.3 is 0 Å². The SMILES string of the molecule is COc1ccc(S(=O)(=O)N2CCC(N3CCOCC3)CC2)cc1. The van der Waals surface area contributed by atoms with E-state index in [1.807, 2.05) is 0 Å². The molecule has 0 amide bonds. The van der Waals surface area contributed by atoms with Crippen LogP contribution in [0.4, 0.5) is 0 Å². The molecule has 128 valence electrons. The van der Waals surface area contributed by atoms with Gasteiger partial charge in [0.05, 0.1) is 25.2 Å². The lowest BCUT2D eigenvalue weighted by Gasteiger charge is -2.39. The van der Waals surface area contributed by atoms with E-state index in [0.717, 1.165) is 39.1 Å². The Kier molecular flexibility index (Phi) is 5.21. The molecule has 3 rings (SSSR count). The summed E-state index contributed by atoms with van der Waals surface area (Å²) < 4.78 is 37.5. The molecule has 1 aromatic rings. The third-order valence-electron chi connectivity index (χ3n) is 4.68. The minimum atomic E-state index is -3.41. The summed E-state index contributed by atoms with van der Waals surface area (Å²) in [7, 11) is -1.84. The average molecular weight is 340 g/mol. The largest absolute Gasteiger partial charge is 0.497 e. The second-order valence-corrected chi connectivity index (χ2v) is 7.90. The van der Waals surface area contributed by atoms with Crippen molar-refractivity contribution in [1.82, 2.24) is 9.21 Å². The Labute approximate surface area is 138 Å². The first-order valence-electron chi connectivity index (χ1n) is 8.07. The summed E-state index contributed by atoms with van der Waals surface area (Å²) in [6.07, 6.45) is 1.77. The van der Waals surface area contributed by atoms with Gasteiger partial charge in [-0.15, -0.1) is 0 Å². The highest BCUT2D eigenvalue weighted by molar-refractivity contribution is 7.89. The fourth-order valence-electron chi connectivity index (χ4n) is 3.29. The van der Waals surface area contributed by atoms with Crippen LogP contribution in [-0.4, -0.2) is 70.2 Å². The molecular formula is C16H24N2O4S. The monoisotopic (exact) mass is 340 g/mol. The summed E-state index contributed by atoms with van der Waals surface area (Å²) in [6.45, 7) is 4.63. The first-order valence-corrected chi connectivity index (χ1v) is 9.51. The molecule has 0 N–H and O–H groups in total. The van der Waals surface area contributed by atoms with Crippen molar-refractivity contribution in [2.75, 3.05) is 46.5 Å². The summed E-state index contributed by atoms with van der Waals surface area (Å²) in [5.74, 6) is 0.662. The maximum atomic E-state index is 12.7. The highest BCUT2D eigenvalue weighted by Gasteiger charge is 2.32. The minimum absolute atomic E-state index is 0.336. The summed E-state index contributed by atoms with van der Waals surface area (Å²) in [5, 5.41) is 0. The number of hydrogen-bond donors (Lipinski definition) is 0. The Morgan fingerprint density at radius 1 is 1.04 bits per heavy atom. The molecule has 6 nitrogen and oxygen atoms in total. The van der Waals surface area contributed by atoms with Gasteiger partial charge in [0, 0.05) is 32.2 Å². The van der Waals surface area contributed by atoms with Crippen molar-refractivity contribution in [1.29, 1.82) is 0 Å². The van der Waals surface area contributed by atoms with Crippen LogP contribution in [0.15, 0.2) is 29.2 Å². The quantitative estimate of drug-likeness (QED) is 0.824. The molecule has 0 spiro atoms. The van der Waals surface area contributed by atoms with Crippen LogP contribution in [0, 0.1) is 0 Å². The second kappa shape index (κ2) is 7.17. The topological polar surface area (TPSA) is 59.1 Å². The minimum Gasteiger partial charge on any atom is -0.497 e. The number of rotatable bonds is 4. The van der Waals surface area contributed by atoms with Gasteiger partial charge < -0.3 is 9.47 Å². The van der Waals surface area contributed by atoms with Crippen LogP contribution >= 0.6 is 0 Å². The van der Waals surface area contributed by atoms with Gasteiger partial charge in [-0.25, -0.2) is 8.42 Å². The van der Waals surface area contributed by atoms with Gasteiger partial charge in [0.1, 0.15) is 5.75 Å². The number of ether oxygens (including phenoxy) is 2. The number of methoxy groups -OCH3 is 1. The van der Waals surface area contributed by atoms with Gasteiger partial charge in [-0.1, -0.05) is 0 Å². The van der Waals surface area contributed by atoms with Crippen LogP contribution in [0.1, 0.15) is 12.8 Å². The van der Waals surface area contributed by atoms with Gasteiger partial charge in [-0.3, -0.25) is 4.90 Å². The molecule has 0 radical (unpaired) electrons. The smallest absolute Gasteiger partial charge is 0.243 e. The maximum Gasteiger partial charge on any atom is 0.243 e. The highest BCUT2D eigenvalue weighted by Crippen LogP contribution is 2.24. The van der Waals surface area contributed by atoms with Crippen LogP contribution in [0.25, 0.3) is 0 Å². The van der Waals surface area contributed by atoms with E-state index in [2.05, 4.69) is 4.90 Å². The van der Waals surface area contributed by atoms with E-state index in [-0.39, 0.29) is 0 Å². The predicted molar refractivity (Wildman–Crippen MR) is 87.2 cm³/mol. The Hall–Kier alpha value is -1.15. The van der Waals surface area contributed by atoms with E-state index in [0.29, 0.717) is 29.8 Å². The summed E-state index contributed by atoms with van der Waals surface area (Å²) >= 11 is 0. The number of benzene rings is 1. The van der Waals surface area contributed by atoms with Gasteiger partial charge in [-0.05, 0) is 37.1 Å². The second-order valence-electron chi connectivity index (χ2n) is 5.96. The molecule has 2 aliphatic heterocycles. The summed E-state index contributed by atoms with van der Waals surface area (Å²) in [4.78, 5) is 2.77. The normalized spacial score (nSPS) is 22.1. The molecule has 2 heterocycles. The van der Waals surface area contributed by atoms with Gasteiger partial charge in [0.25, 0.3) is 0 Å². The van der Waals surface area contributed by atoms with E-state index in [4.69, 9.17) is 9.47 Å². The molecule has 23 heavy (non-hydrogen) atoms. The van der Waals surface area contributed by atoms with Crippen molar-refractivity contribution in [2.24, 2.45) is 0 Å². The fourth-order valence-corrected chi connectivity index (χ4v) is 4.76. The van der Waals surface area contributed by atoms with Crippen molar-refractivity contribution in [3.05, 3.63) is 24.3 Å². The Morgan fingerprint density at radius 3 is 2.22 bits per heavy atom. The molecule has 0 aliphatic carbocycles. The molecule has 2 fully saturated rings. The van der Waals surface area contributed by atoms with Crippen molar-refractivity contribution < 1.29 is 17.9 Å². The number of piperidine rings is 1. The molecular weight excluding hydrogens is 316 g/mol. The highest BCUT2D eigenvalue weighted by atomic mass is 32.2. The van der Waals surface area contributed by atoms with Crippen LogP contribution < -0.4 is 4.74 Å². The lowest BCUT2D eigenvalue weighted by molar-refractivity contribution is 0.00610. The lowest BCUT2D eigenvalue weighted by Crippen LogP contribution is -2.50. The summed E-state index contributed by atoms with van der Waals surface area (Å²) in [5.41, 5.74) is 0. The molecule has 7 heteroatoms. The number of nitrogens with zero attached hydrogens (tertiary/aromatic N) is 2. The van der Waals surface area contributed by atoms with Gasteiger partial charge in [0.15, 0.2) is 0 Å². The van der Waals surface area contributed by atoms with E-state index in [1.165, 1.54) is 0 Å². The zero-order valence-corrected chi connectivity index (χ0v) is 14.3. The standard InChI is InChI=1S/C16H24N2O4S/c1-21-15-2-4-16(5-3-15)23(19,20)18-8-6-14(7-9-18)17-10-12-22-13-11-17/h2-5,14H,6-13H2,1H3. The van der Waals surface area contributed by atoms with Gasteiger partial charge in [0.2, 0.25) is 10.0 Å². The molecule has 0 saturated carbocycles. The number of hydrogen-bond acceptors (Lipinski definition) is 5. The van der Waals surface area contributed by atoms with Crippen molar-refractivity contribution >= 4 is 10.0 Å². The molecule has 2 aliphatic rings. The molecule has 0 aromatic heterocycles. The first kappa shape index (κ1) is 16.7. The van der Waals surface area contributed by atoms with Crippen LogP contribution in [0.2, 0.25) is 0 Å². The first-order chi connectivity index (χ1) is 11.1. The number of sulfonamides is 1. The third kappa shape index (κ3) is 3.68. The summed E-state index contributed by atoms with van der Waals surface area (Å²) in [6, 6.07) is 7.08. The van der Waals surface area contributed by atoms with Crippen LogP contribution in [-0.2, 0) is 14.8 Å². The van der Waals surface area contributed by atoms with Crippen LogP contribution in [0.3, 0.4) is 0 Å². The van der Waals surface area contributed by atoms with E-state index >= 15 is 0 Å². The molecule has 1 aromatic carbocycles. The lowest BCUT2D eigenvalue weighted by atomic mass is 10.0. The molecule has 0 bridgehead atoms. The van der Waals surface area contributed by atoms with Crippen molar-refractivity contribution in [3.63, 3.8) is 0 Å². The Balaban J connectivity index is 1.63. The van der Waals surface area contributed by atoms with Gasteiger partial charge in [-0.2, -0.15) is 4.31 Å². The number of morpholine rings is 1. The van der Waals surface area contributed by atoms with E-state index in [1.54, 1.807) is 35.7 Å². The Bertz CT molecular complexity index is 603. The average Bonchev–Trinajstić information content (AvgIpc) is 2.62. The zero-order valence-electron chi connectivity index (χ0n) is 13.5. The predicted octanol–water partition coefficient (Wildman–Crippen LogP) is 1.18. The molecule has 0 atom stereocenters. The fraction of sp³-hybridized carbons (Fsp3) is 0.625. The van der Waals surface area contributed by atoms with Crippen molar-refractivity contribution in [2.45, 2.75) is 23.8 Å². The zero-order chi connectivity index (χ0) is 16.3. The molecule has 0 unspecified atom stereocenters. The molecule has 2 saturated heterocycles. The maximum absolute atomic E-state index is 12.7. The van der Waals surface area contributed by atoms with Crippen molar-refractivity contribution in [3.8, 4) is 5.75 Å². The third-order valence-corrected chi connectivity index (χ3v) is 6.60. The van der Waals surface area contributed by atoms with Crippen LogP contribution in [0.5, 0.6) is 5.75 Å².